The fourth-order valence-corrected chi connectivity index (χ4v) is 3.73. The van der Waals surface area contributed by atoms with Crippen LogP contribution >= 0.6 is 11.8 Å². The number of aromatic nitrogens is 1. The van der Waals surface area contributed by atoms with Gasteiger partial charge in [-0.3, -0.25) is 4.79 Å². The Balaban J connectivity index is 2.00. The van der Waals surface area contributed by atoms with Crippen LogP contribution in [0.4, 0.5) is 5.69 Å². The first-order chi connectivity index (χ1) is 9.63. The summed E-state index contributed by atoms with van der Waals surface area (Å²) in [5, 5.41) is 3.86. The van der Waals surface area contributed by atoms with E-state index in [1.165, 1.54) is 12.8 Å². The van der Waals surface area contributed by atoms with Gasteiger partial charge in [0.25, 0.3) is 5.91 Å². The Kier molecular flexibility index (Phi) is 5.40. The maximum atomic E-state index is 12.4. The second-order valence-electron chi connectivity index (χ2n) is 5.55. The molecular formula is C15H25N3OS. The molecule has 0 radical (unpaired) electrons. The zero-order valence-electron chi connectivity index (χ0n) is 12.4. The van der Waals surface area contributed by atoms with E-state index in [0.29, 0.717) is 22.7 Å². The number of thioether (sulfide) groups is 1. The summed E-state index contributed by atoms with van der Waals surface area (Å²) in [4.78, 5) is 12.4. The number of carbonyl (C=O) groups is 1. The molecule has 0 spiro atoms. The summed E-state index contributed by atoms with van der Waals surface area (Å²) in [6.07, 6.45) is 9.64. The van der Waals surface area contributed by atoms with Crippen molar-refractivity contribution in [2.45, 2.75) is 56.9 Å². The maximum absolute atomic E-state index is 12.4. The number of hydrogen-bond acceptors (Lipinski definition) is 3. The molecule has 2 rings (SSSR count). The normalized spacial score (nSPS) is 22.7. The van der Waals surface area contributed by atoms with Crippen LogP contribution in [0, 0.1) is 0 Å². The average Bonchev–Trinajstić information content (AvgIpc) is 2.80. The predicted molar refractivity (Wildman–Crippen MR) is 86.2 cm³/mol. The molecule has 1 amide bonds. The quantitative estimate of drug-likeness (QED) is 0.878. The van der Waals surface area contributed by atoms with Crippen LogP contribution in [0.1, 0.15) is 49.5 Å². The van der Waals surface area contributed by atoms with E-state index in [9.17, 15) is 4.79 Å². The lowest BCUT2D eigenvalue weighted by atomic mass is 9.95. The van der Waals surface area contributed by atoms with E-state index in [1.54, 1.807) is 6.07 Å². The van der Waals surface area contributed by atoms with Crippen molar-refractivity contribution < 1.29 is 4.79 Å². The number of carbonyl (C=O) groups excluding carboxylic acids is 1. The number of rotatable bonds is 5. The summed E-state index contributed by atoms with van der Waals surface area (Å²) in [6, 6.07) is 2.08. The van der Waals surface area contributed by atoms with Gasteiger partial charge in [-0.1, -0.05) is 13.3 Å². The minimum absolute atomic E-state index is 0.0157. The van der Waals surface area contributed by atoms with Crippen molar-refractivity contribution in [1.29, 1.82) is 0 Å². The summed E-state index contributed by atoms with van der Waals surface area (Å²) in [5.41, 5.74) is 7.17. The first-order valence-electron chi connectivity index (χ1n) is 7.43. The van der Waals surface area contributed by atoms with Gasteiger partial charge in [0, 0.05) is 24.0 Å². The third-order valence-electron chi connectivity index (χ3n) is 3.91. The molecule has 0 aliphatic heterocycles. The van der Waals surface area contributed by atoms with Gasteiger partial charge < -0.3 is 15.6 Å². The third-order valence-corrected chi connectivity index (χ3v) is 5.00. The highest BCUT2D eigenvalue weighted by Crippen LogP contribution is 2.27. The van der Waals surface area contributed by atoms with Crippen LogP contribution in [-0.4, -0.2) is 28.0 Å². The van der Waals surface area contributed by atoms with Crippen LogP contribution in [0.3, 0.4) is 0 Å². The Morgan fingerprint density at radius 3 is 3.05 bits per heavy atom. The lowest BCUT2D eigenvalue weighted by Gasteiger charge is -2.28. The second-order valence-corrected chi connectivity index (χ2v) is 6.68. The summed E-state index contributed by atoms with van der Waals surface area (Å²) in [6.45, 7) is 2.93. The summed E-state index contributed by atoms with van der Waals surface area (Å²) < 4.78 is 1.96. The lowest BCUT2D eigenvalue weighted by Crippen LogP contribution is -2.39. The molecule has 20 heavy (non-hydrogen) atoms. The molecule has 112 valence electrons. The van der Waals surface area contributed by atoms with Gasteiger partial charge in [-0.2, -0.15) is 11.8 Å². The lowest BCUT2D eigenvalue weighted by molar-refractivity contribution is 0.0919. The smallest absolute Gasteiger partial charge is 0.268 e. The highest BCUT2D eigenvalue weighted by Gasteiger charge is 2.24. The van der Waals surface area contributed by atoms with E-state index in [4.69, 9.17) is 5.73 Å². The van der Waals surface area contributed by atoms with Crippen LogP contribution in [0.5, 0.6) is 0 Å². The average molecular weight is 295 g/mol. The van der Waals surface area contributed by atoms with Crippen LogP contribution in [0.2, 0.25) is 0 Å². The minimum atomic E-state index is 0.0157. The highest BCUT2D eigenvalue weighted by molar-refractivity contribution is 7.99. The molecular weight excluding hydrogens is 270 g/mol. The number of nitrogens with one attached hydrogen (secondary N) is 1. The van der Waals surface area contributed by atoms with Crippen LogP contribution in [-0.2, 0) is 6.54 Å². The van der Waals surface area contributed by atoms with E-state index in [2.05, 4.69) is 18.5 Å². The maximum Gasteiger partial charge on any atom is 0.268 e. The van der Waals surface area contributed by atoms with Gasteiger partial charge in [0.2, 0.25) is 0 Å². The molecule has 0 aromatic carbocycles. The van der Waals surface area contributed by atoms with E-state index in [0.717, 1.165) is 25.8 Å². The van der Waals surface area contributed by atoms with Gasteiger partial charge in [0.15, 0.2) is 0 Å². The highest BCUT2D eigenvalue weighted by atomic mass is 32.2. The first-order valence-corrected chi connectivity index (χ1v) is 8.72. The first kappa shape index (κ1) is 15.3. The van der Waals surface area contributed by atoms with Gasteiger partial charge in [-0.15, -0.1) is 0 Å². The third kappa shape index (κ3) is 3.72. The molecule has 1 aliphatic carbocycles. The molecule has 1 aromatic heterocycles. The molecule has 1 aliphatic rings. The van der Waals surface area contributed by atoms with Gasteiger partial charge >= 0.3 is 0 Å². The molecule has 0 bridgehead atoms. The van der Waals surface area contributed by atoms with Crippen molar-refractivity contribution in [3.8, 4) is 0 Å². The predicted octanol–water partition coefficient (Wildman–Crippen LogP) is 2.88. The Hall–Kier alpha value is -1.10. The van der Waals surface area contributed by atoms with E-state index in [1.807, 2.05) is 22.5 Å². The van der Waals surface area contributed by atoms with Crippen LogP contribution in [0.15, 0.2) is 12.3 Å². The zero-order chi connectivity index (χ0) is 14.5. The molecule has 2 unspecified atom stereocenters. The monoisotopic (exact) mass is 295 g/mol. The fraction of sp³-hybridized carbons (Fsp3) is 0.667. The molecule has 5 heteroatoms. The summed E-state index contributed by atoms with van der Waals surface area (Å²) in [5.74, 6) is 0.0157. The molecule has 1 fully saturated rings. The number of hydrogen-bond donors (Lipinski definition) is 2. The Morgan fingerprint density at radius 2 is 2.35 bits per heavy atom. The van der Waals surface area contributed by atoms with Crippen molar-refractivity contribution in [1.82, 2.24) is 9.88 Å². The molecule has 4 nitrogen and oxygen atoms in total. The van der Waals surface area contributed by atoms with E-state index >= 15 is 0 Å². The van der Waals surface area contributed by atoms with E-state index < -0.39 is 0 Å². The van der Waals surface area contributed by atoms with Crippen molar-refractivity contribution in [3.63, 3.8) is 0 Å². The Morgan fingerprint density at radius 1 is 1.55 bits per heavy atom. The summed E-state index contributed by atoms with van der Waals surface area (Å²) >= 11 is 1.91. The zero-order valence-corrected chi connectivity index (χ0v) is 13.2. The van der Waals surface area contributed by atoms with Crippen LogP contribution in [0.25, 0.3) is 0 Å². The number of anilines is 1. The van der Waals surface area contributed by atoms with Crippen molar-refractivity contribution in [3.05, 3.63) is 18.0 Å². The number of aryl methyl sites for hydroxylation is 1. The second kappa shape index (κ2) is 7.07. The van der Waals surface area contributed by atoms with Gasteiger partial charge in [0.1, 0.15) is 5.69 Å². The molecule has 1 saturated carbocycles. The largest absolute Gasteiger partial charge is 0.397 e. The molecule has 1 heterocycles. The number of nitrogen functional groups attached to an aromatic ring is 1. The summed E-state index contributed by atoms with van der Waals surface area (Å²) in [7, 11) is 0. The van der Waals surface area contributed by atoms with Gasteiger partial charge in [0.05, 0.1) is 5.69 Å². The Bertz CT molecular complexity index is 458. The van der Waals surface area contributed by atoms with Crippen molar-refractivity contribution in [2.24, 2.45) is 0 Å². The molecule has 2 atom stereocenters. The fourth-order valence-electron chi connectivity index (χ4n) is 2.90. The Labute approximate surface area is 125 Å². The standard InChI is InChI=1S/C15H25N3OS/c1-3-7-18-10-11(16)8-14(18)15(19)17-12-5-4-6-13(9-12)20-2/h8,10,12-13H,3-7,9,16H2,1-2H3,(H,17,19). The van der Waals surface area contributed by atoms with Gasteiger partial charge in [-0.05, 0) is 38.0 Å². The number of amides is 1. The molecule has 3 N–H and O–H groups in total. The number of nitrogens with two attached hydrogens (primary N) is 1. The van der Waals surface area contributed by atoms with Crippen molar-refractivity contribution in [2.75, 3.05) is 12.0 Å². The van der Waals surface area contributed by atoms with Crippen molar-refractivity contribution >= 4 is 23.4 Å². The minimum Gasteiger partial charge on any atom is -0.397 e. The molecule has 0 saturated heterocycles. The number of nitrogens with zero attached hydrogens (tertiary/aromatic N) is 1. The van der Waals surface area contributed by atoms with Gasteiger partial charge in [-0.25, -0.2) is 0 Å². The van der Waals surface area contributed by atoms with Crippen LogP contribution < -0.4 is 11.1 Å². The van der Waals surface area contributed by atoms with E-state index in [-0.39, 0.29) is 5.91 Å². The molecule has 1 aromatic rings. The SMILES string of the molecule is CCCn1cc(N)cc1C(=O)NC1CCCC(SC)C1. The topological polar surface area (TPSA) is 60.0 Å².